The lowest BCUT2D eigenvalue weighted by molar-refractivity contribution is 0.0955. The quantitative estimate of drug-likeness (QED) is 0.360. The van der Waals surface area contributed by atoms with E-state index in [-0.39, 0.29) is 26.4 Å². The van der Waals surface area contributed by atoms with Gasteiger partial charge in [-0.25, -0.2) is 9.37 Å². The van der Waals surface area contributed by atoms with Crippen LogP contribution in [0.3, 0.4) is 0 Å². The topological polar surface area (TPSA) is 87.2 Å². The summed E-state index contributed by atoms with van der Waals surface area (Å²) in [6.07, 6.45) is 3.95. The number of nitrogens with one attached hydrogen (secondary N) is 2. The third-order valence-corrected chi connectivity index (χ3v) is 6.42. The number of hydrogen-bond acceptors (Lipinski definition) is 5. The van der Waals surface area contributed by atoms with Gasteiger partial charge in [-0.05, 0) is 37.6 Å². The van der Waals surface area contributed by atoms with Gasteiger partial charge in [0.25, 0.3) is 11.8 Å². The van der Waals surface area contributed by atoms with Crippen LogP contribution in [0.2, 0.25) is 0 Å². The van der Waals surface area contributed by atoms with Crippen LogP contribution in [0.4, 0.5) is 15.9 Å². The molecule has 1 saturated heterocycles. The predicted octanol–water partition coefficient (Wildman–Crippen LogP) is 4.30. The van der Waals surface area contributed by atoms with E-state index in [2.05, 4.69) is 55.0 Å². The fraction of sp³-hybridized carbons (Fsp3) is 0.250. The molecule has 2 aromatic heterocycles. The van der Waals surface area contributed by atoms with Crippen molar-refractivity contribution in [2.24, 2.45) is 0 Å². The average molecular weight is 559 g/mol. The van der Waals surface area contributed by atoms with Crippen LogP contribution in [-0.4, -0.2) is 45.3 Å². The maximum atomic E-state index is 14.7. The van der Waals surface area contributed by atoms with Gasteiger partial charge in [0, 0.05) is 47.1 Å². The van der Waals surface area contributed by atoms with Crippen molar-refractivity contribution in [2.75, 3.05) is 30.4 Å². The van der Waals surface area contributed by atoms with Crippen LogP contribution in [0.1, 0.15) is 34.2 Å². The molecule has 2 amide bonds. The summed E-state index contributed by atoms with van der Waals surface area (Å²) in [5.41, 5.74) is 1.85. The number of pyridine rings is 2. The normalized spacial score (nSPS) is 17.6. The Labute approximate surface area is 205 Å². The second-order valence-electron chi connectivity index (χ2n) is 8.09. The van der Waals surface area contributed by atoms with Crippen molar-refractivity contribution in [1.29, 1.82) is 0 Å². The summed E-state index contributed by atoms with van der Waals surface area (Å²) in [5.74, 6) is -0.551. The zero-order valence-corrected chi connectivity index (χ0v) is 20.4. The second kappa shape index (κ2) is 9.42. The van der Waals surface area contributed by atoms with Gasteiger partial charge < -0.3 is 15.5 Å². The molecule has 7 nitrogen and oxygen atoms in total. The van der Waals surface area contributed by atoms with Gasteiger partial charge in [-0.2, -0.15) is 0 Å². The fourth-order valence-corrected chi connectivity index (χ4v) is 4.45. The first-order valence-corrected chi connectivity index (χ1v) is 11.5. The summed E-state index contributed by atoms with van der Waals surface area (Å²) in [7, 11) is 1.51. The van der Waals surface area contributed by atoms with Crippen LogP contribution in [0.5, 0.6) is 0 Å². The van der Waals surface area contributed by atoms with Gasteiger partial charge in [0.05, 0.1) is 11.3 Å². The van der Waals surface area contributed by atoms with Crippen molar-refractivity contribution in [3.63, 3.8) is 0 Å². The fourth-order valence-electron chi connectivity index (χ4n) is 3.80. The molecule has 0 spiro atoms. The van der Waals surface area contributed by atoms with Crippen LogP contribution in [0.15, 0.2) is 54.9 Å². The Balaban J connectivity index is 1.74. The molecule has 2 N–H and O–H groups in total. The highest BCUT2D eigenvalue weighted by Gasteiger charge is 2.33. The average Bonchev–Trinajstić information content (AvgIpc) is 3.18. The standard InChI is InChI=1S/C24H23FIN5O2/c1-24(26)10-12-31(14-24)21-20(17(9-11-28-21)16-5-3-4-6-18(16)25)30-22(32)15-7-8-19(29-13-15)23(33)27-2/h3-9,11,13H,10,12,14H2,1-2H3,(H,27,33)(H,30,32). The molecule has 33 heavy (non-hydrogen) atoms. The van der Waals surface area contributed by atoms with Crippen LogP contribution in [0.25, 0.3) is 11.1 Å². The Morgan fingerprint density at radius 3 is 2.52 bits per heavy atom. The van der Waals surface area contributed by atoms with E-state index in [1.54, 1.807) is 30.5 Å². The number of halogens is 2. The number of carbonyl (C=O) groups is 2. The van der Waals surface area contributed by atoms with Crippen molar-refractivity contribution < 1.29 is 14.0 Å². The SMILES string of the molecule is CNC(=O)c1ccc(C(=O)Nc2c(-c3ccccc3F)ccnc2N2CCC(C)(I)C2)cn1. The lowest BCUT2D eigenvalue weighted by Crippen LogP contribution is -2.27. The Kier molecular flexibility index (Phi) is 6.59. The molecule has 1 fully saturated rings. The lowest BCUT2D eigenvalue weighted by Gasteiger charge is -2.24. The van der Waals surface area contributed by atoms with Crippen molar-refractivity contribution in [2.45, 2.75) is 16.8 Å². The van der Waals surface area contributed by atoms with E-state index in [4.69, 9.17) is 0 Å². The summed E-state index contributed by atoms with van der Waals surface area (Å²) >= 11 is 2.43. The molecule has 4 rings (SSSR count). The minimum Gasteiger partial charge on any atom is -0.354 e. The van der Waals surface area contributed by atoms with Gasteiger partial charge in [-0.15, -0.1) is 0 Å². The highest BCUT2D eigenvalue weighted by atomic mass is 127. The van der Waals surface area contributed by atoms with E-state index < -0.39 is 5.91 Å². The van der Waals surface area contributed by atoms with E-state index in [0.717, 1.165) is 19.5 Å². The third kappa shape index (κ3) is 4.97. The maximum absolute atomic E-state index is 14.7. The smallest absolute Gasteiger partial charge is 0.269 e. The van der Waals surface area contributed by atoms with Crippen LogP contribution in [-0.2, 0) is 0 Å². The number of benzene rings is 1. The maximum Gasteiger partial charge on any atom is 0.269 e. The Morgan fingerprint density at radius 2 is 1.88 bits per heavy atom. The molecule has 0 bridgehead atoms. The zero-order chi connectivity index (χ0) is 23.6. The molecule has 9 heteroatoms. The van der Waals surface area contributed by atoms with Gasteiger partial charge in [-0.1, -0.05) is 40.8 Å². The molecule has 1 atom stereocenters. The molecule has 3 aromatic rings. The van der Waals surface area contributed by atoms with Crippen LogP contribution in [0, 0.1) is 5.82 Å². The van der Waals surface area contributed by atoms with Crippen molar-refractivity contribution >= 4 is 45.9 Å². The molecule has 0 aliphatic carbocycles. The highest BCUT2D eigenvalue weighted by molar-refractivity contribution is 14.1. The molecular weight excluding hydrogens is 536 g/mol. The molecule has 1 unspecified atom stereocenters. The molecule has 170 valence electrons. The minimum absolute atomic E-state index is 0.0777. The van der Waals surface area contributed by atoms with Gasteiger partial charge in [0.15, 0.2) is 5.82 Å². The van der Waals surface area contributed by atoms with Gasteiger partial charge >= 0.3 is 0 Å². The van der Waals surface area contributed by atoms with Gasteiger partial charge in [-0.3, -0.25) is 14.6 Å². The molecule has 0 radical (unpaired) electrons. The summed E-state index contributed by atoms with van der Waals surface area (Å²) < 4.78 is 14.8. The highest BCUT2D eigenvalue weighted by Crippen LogP contribution is 2.40. The number of alkyl halides is 1. The molecular formula is C24H23FIN5O2. The number of rotatable bonds is 5. The summed E-state index contributed by atoms with van der Waals surface area (Å²) in [5, 5.41) is 5.43. The first-order chi connectivity index (χ1) is 15.8. The zero-order valence-electron chi connectivity index (χ0n) is 18.2. The van der Waals surface area contributed by atoms with E-state index in [1.165, 1.54) is 31.4 Å². The van der Waals surface area contributed by atoms with E-state index in [1.807, 2.05) is 0 Å². The Morgan fingerprint density at radius 1 is 1.09 bits per heavy atom. The molecule has 0 saturated carbocycles. The molecule has 1 aromatic carbocycles. The van der Waals surface area contributed by atoms with Crippen molar-refractivity contribution in [3.05, 3.63) is 71.9 Å². The molecule has 3 heterocycles. The summed E-state index contributed by atoms with van der Waals surface area (Å²) in [6.45, 7) is 3.71. The monoisotopic (exact) mass is 559 g/mol. The van der Waals surface area contributed by atoms with Crippen LogP contribution < -0.4 is 15.5 Å². The number of aromatic nitrogens is 2. The number of hydrogen-bond donors (Lipinski definition) is 2. The molecule has 1 aliphatic rings. The lowest BCUT2D eigenvalue weighted by atomic mass is 10.0. The van der Waals surface area contributed by atoms with E-state index >= 15 is 0 Å². The second-order valence-corrected chi connectivity index (χ2v) is 10.7. The van der Waals surface area contributed by atoms with Crippen molar-refractivity contribution in [1.82, 2.24) is 15.3 Å². The van der Waals surface area contributed by atoms with E-state index in [9.17, 15) is 14.0 Å². The van der Waals surface area contributed by atoms with Gasteiger partial charge in [0.1, 0.15) is 11.5 Å². The minimum atomic E-state index is -0.422. The van der Waals surface area contributed by atoms with Crippen LogP contribution >= 0.6 is 22.6 Å². The predicted molar refractivity (Wildman–Crippen MR) is 134 cm³/mol. The van der Waals surface area contributed by atoms with E-state index in [0.29, 0.717) is 22.6 Å². The summed E-state index contributed by atoms with van der Waals surface area (Å²) in [6, 6.07) is 11.2. The van der Waals surface area contributed by atoms with Crippen molar-refractivity contribution in [3.8, 4) is 11.1 Å². The number of carbonyl (C=O) groups excluding carboxylic acids is 2. The Hall–Kier alpha value is -3.08. The summed E-state index contributed by atoms with van der Waals surface area (Å²) in [4.78, 5) is 35.6. The Bertz CT molecular complexity index is 1200. The number of anilines is 2. The first-order valence-electron chi connectivity index (χ1n) is 10.5. The molecule has 1 aliphatic heterocycles. The number of amides is 2. The van der Waals surface area contributed by atoms with Gasteiger partial charge in [0.2, 0.25) is 0 Å². The first kappa shape index (κ1) is 23.1. The third-order valence-electron chi connectivity index (χ3n) is 5.54. The largest absolute Gasteiger partial charge is 0.354 e. The number of nitrogens with zero attached hydrogens (tertiary/aromatic N) is 3.